The minimum absolute atomic E-state index is 0.0729. The zero-order chi connectivity index (χ0) is 12.7. The molecule has 1 N–H and O–H groups in total. The standard InChI is InChI=1S/C14H25N3O/c1-10-13-8-15-7-12(13)9-17(10)11(2)14(18)16-5-3-4-6-16/h10-13,15H,3-9H2,1-2H3. The maximum Gasteiger partial charge on any atom is 0.239 e. The van der Waals surface area contributed by atoms with Crippen LogP contribution in [0.15, 0.2) is 0 Å². The highest BCUT2D eigenvalue weighted by atomic mass is 16.2. The summed E-state index contributed by atoms with van der Waals surface area (Å²) in [7, 11) is 0. The van der Waals surface area contributed by atoms with E-state index in [4.69, 9.17) is 0 Å². The highest BCUT2D eigenvalue weighted by molar-refractivity contribution is 5.81. The lowest BCUT2D eigenvalue weighted by Crippen LogP contribution is -2.49. The summed E-state index contributed by atoms with van der Waals surface area (Å²) in [6.45, 7) is 9.71. The van der Waals surface area contributed by atoms with Gasteiger partial charge in [0.05, 0.1) is 6.04 Å². The van der Waals surface area contributed by atoms with Gasteiger partial charge in [0.1, 0.15) is 0 Å². The first-order chi connectivity index (χ1) is 8.68. The van der Waals surface area contributed by atoms with E-state index in [-0.39, 0.29) is 6.04 Å². The number of carbonyl (C=O) groups is 1. The molecule has 3 aliphatic rings. The Kier molecular flexibility index (Phi) is 3.32. The Labute approximate surface area is 110 Å². The summed E-state index contributed by atoms with van der Waals surface area (Å²) in [6.07, 6.45) is 2.37. The number of carbonyl (C=O) groups excluding carboxylic acids is 1. The molecule has 4 nitrogen and oxygen atoms in total. The van der Waals surface area contributed by atoms with Crippen molar-refractivity contribution < 1.29 is 4.79 Å². The molecule has 4 heteroatoms. The van der Waals surface area contributed by atoms with Crippen molar-refractivity contribution in [2.45, 2.75) is 38.8 Å². The van der Waals surface area contributed by atoms with Gasteiger partial charge in [-0.1, -0.05) is 0 Å². The topological polar surface area (TPSA) is 35.6 Å². The van der Waals surface area contributed by atoms with E-state index in [2.05, 4.69) is 29.0 Å². The van der Waals surface area contributed by atoms with E-state index in [0.29, 0.717) is 11.9 Å². The monoisotopic (exact) mass is 251 g/mol. The third-order valence-corrected chi connectivity index (χ3v) is 5.25. The van der Waals surface area contributed by atoms with Crippen LogP contribution in [-0.2, 0) is 4.79 Å². The molecule has 3 saturated heterocycles. The third-order valence-electron chi connectivity index (χ3n) is 5.25. The first-order valence-corrected chi connectivity index (χ1v) is 7.43. The molecule has 3 fully saturated rings. The Balaban J connectivity index is 1.65. The molecule has 0 aliphatic carbocycles. The van der Waals surface area contributed by atoms with Gasteiger partial charge < -0.3 is 10.2 Å². The van der Waals surface area contributed by atoms with Gasteiger partial charge in [0.25, 0.3) is 0 Å². The van der Waals surface area contributed by atoms with E-state index in [1.165, 1.54) is 12.8 Å². The molecular weight excluding hydrogens is 226 g/mol. The largest absolute Gasteiger partial charge is 0.341 e. The SMILES string of the molecule is CC(C(=O)N1CCCC1)N1CC2CNCC2C1C. The molecule has 1 amide bonds. The van der Waals surface area contributed by atoms with Gasteiger partial charge in [-0.3, -0.25) is 9.69 Å². The second kappa shape index (κ2) is 4.82. The fraction of sp³-hybridized carbons (Fsp3) is 0.929. The molecule has 3 heterocycles. The van der Waals surface area contributed by atoms with Crippen molar-refractivity contribution in [3.05, 3.63) is 0 Å². The van der Waals surface area contributed by atoms with Crippen LogP contribution >= 0.6 is 0 Å². The van der Waals surface area contributed by atoms with Crippen LogP contribution in [0.5, 0.6) is 0 Å². The number of hydrogen-bond acceptors (Lipinski definition) is 3. The van der Waals surface area contributed by atoms with Crippen molar-refractivity contribution in [3.8, 4) is 0 Å². The molecule has 0 saturated carbocycles. The van der Waals surface area contributed by atoms with Crippen LogP contribution in [0.1, 0.15) is 26.7 Å². The van der Waals surface area contributed by atoms with Crippen LogP contribution < -0.4 is 5.32 Å². The summed E-state index contributed by atoms with van der Waals surface area (Å²) >= 11 is 0. The number of likely N-dealkylation sites (tertiary alicyclic amines) is 2. The van der Waals surface area contributed by atoms with Crippen LogP contribution in [0.25, 0.3) is 0 Å². The van der Waals surface area contributed by atoms with Crippen molar-refractivity contribution >= 4 is 5.91 Å². The quantitative estimate of drug-likeness (QED) is 0.778. The molecule has 0 spiro atoms. The van der Waals surface area contributed by atoms with Crippen molar-refractivity contribution in [2.24, 2.45) is 11.8 Å². The third kappa shape index (κ3) is 1.95. The van der Waals surface area contributed by atoms with Gasteiger partial charge in [0.2, 0.25) is 5.91 Å². The summed E-state index contributed by atoms with van der Waals surface area (Å²) in [6, 6.07) is 0.621. The normalized spacial score (nSPS) is 38.1. The maximum atomic E-state index is 12.5. The van der Waals surface area contributed by atoms with E-state index >= 15 is 0 Å². The molecule has 0 aromatic carbocycles. The highest BCUT2D eigenvalue weighted by Crippen LogP contribution is 2.34. The second-order valence-corrected chi connectivity index (χ2v) is 6.23. The van der Waals surface area contributed by atoms with Gasteiger partial charge in [-0.05, 0) is 51.6 Å². The van der Waals surface area contributed by atoms with Crippen molar-refractivity contribution in [1.29, 1.82) is 0 Å². The Morgan fingerprint density at radius 3 is 2.67 bits per heavy atom. The molecule has 0 aromatic heterocycles. The fourth-order valence-corrected chi connectivity index (χ4v) is 4.06. The predicted octanol–water partition coefficient (Wildman–Crippen LogP) is 0.537. The minimum Gasteiger partial charge on any atom is -0.341 e. The van der Waals surface area contributed by atoms with Gasteiger partial charge in [-0.25, -0.2) is 0 Å². The highest BCUT2D eigenvalue weighted by Gasteiger charge is 2.45. The Morgan fingerprint density at radius 1 is 1.28 bits per heavy atom. The molecular formula is C14H25N3O. The van der Waals surface area contributed by atoms with E-state index in [0.717, 1.165) is 44.6 Å². The van der Waals surface area contributed by atoms with Crippen LogP contribution in [-0.4, -0.2) is 60.5 Å². The summed E-state index contributed by atoms with van der Waals surface area (Å²) in [5, 5.41) is 3.48. The summed E-state index contributed by atoms with van der Waals surface area (Å²) in [5.74, 6) is 1.86. The lowest BCUT2D eigenvalue weighted by molar-refractivity contribution is -0.135. The summed E-state index contributed by atoms with van der Waals surface area (Å²) < 4.78 is 0. The average Bonchev–Trinajstić information content (AvgIpc) is 3.06. The Morgan fingerprint density at radius 2 is 2.00 bits per heavy atom. The van der Waals surface area contributed by atoms with Gasteiger partial charge in [-0.2, -0.15) is 0 Å². The van der Waals surface area contributed by atoms with Crippen molar-refractivity contribution in [3.63, 3.8) is 0 Å². The minimum atomic E-state index is 0.0729. The van der Waals surface area contributed by atoms with Gasteiger partial charge in [0, 0.05) is 25.7 Å². The van der Waals surface area contributed by atoms with Gasteiger partial charge in [0.15, 0.2) is 0 Å². The molecule has 4 atom stereocenters. The molecule has 0 radical (unpaired) electrons. The molecule has 0 aromatic rings. The molecule has 102 valence electrons. The number of nitrogens with zero attached hydrogens (tertiary/aromatic N) is 2. The van der Waals surface area contributed by atoms with E-state index in [9.17, 15) is 4.79 Å². The number of nitrogens with one attached hydrogen (secondary N) is 1. The predicted molar refractivity (Wildman–Crippen MR) is 71.3 cm³/mol. The average molecular weight is 251 g/mol. The molecule has 18 heavy (non-hydrogen) atoms. The first kappa shape index (κ1) is 12.4. The lowest BCUT2D eigenvalue weighted by Gasteiger charge is -2.32. The second-order valence-electron chi connectivity index (χ2n) is 6.23. The lowest BCUT2D eigenvalue weighted by atomic mass is 9.95. The molecule has 4 unspecified atom stereocenters. The number of amides is 1. The van der Waals surface area contributed by atoms with E-state index < -0.39 is 0 Å². The molecule has 0 bridgehead atoms. The number of rotatable bonds is 2. The van der Waals surface area contributed by atoms with Crippen LogP contribution in [0.4, 0.5) is 0 Å². The Hall–Kier alpha value is -0.610. The van der Waals surface area contributed by atoms with Crippen LogP contribution in [0.2, 0.25) is 0 Å². The fourth-order valence-electron chi connectivity index (χ4n) is 4.06. The zero-order valence-electron chi connectivity index (χ0n) is 11.6. The number of hydrogen-bond donors (Lipinski definition) is 1. The molecule has 3 rings (SSSR count). The number of fused-ring (bicyclic) bond motifs is 1. The Bertz CT molecular complexity index is 327. The van der Waals surface area contributed by atoms with Crippen LogP contribution in [0.3, 0.4) is 0 Å². The van der Waals surface area contributed by atoms with Crippen LogP contribution in [0, 0.1) is 11.8 Å². The smallest absolute Gasteiger partial charge is 0.239 e. The molecule has 3 aliphatic heterocycles. The van der Waals surface area contributed by atoms with E-state index in [1.54, 1.807) is 0 Å². The maximum absolute atomic E-state index is 12.5. The summed E-state index contributed by atoms with van der Waals surface area (Å²) in [4.78, 5) is 17.0. The van der Waals surface area contributed by atoms with Gasteiger partial charge >= 0.3 is 0 Å². The van der Waals surface area contributed by atoms with Crippen molar-refractivity contribution in [2.75, 3.05) is 32.7 Å². The van der Waals surface area contributed by atoms with Crippen molar-refractivity contribution in [1.82, 2.24) is 15.1 Å². The van der Waals surface area contributed by atoms with E-state index in [1.807, 2.05) is 0 Å². The zero-order valence-corrected chi connectivity index (χ0v) is 11.6. The van der Waals surface area contributed by atoms with Gasteiger partial charge in [-0.15, -0.1) is 0 Å². The summed E-state index contributed by atoms with van der Waals surface area (Å²) in [5.41, 5.74) is 0. The first-order valence-electron chi connectivity index (χ1n) is 7.43.